The van der Waals surface area contributed by atoms with Crippen LogP contribution in [0.2, 0.25) is 0 Å². The Morgan fingerprint density at radius 2 is 1.72 bits per heavy atom. The normalized spacial score (nSPS) is 25.7. The Kier molecular flexibility index (Phi) is 4.48. The lowest BCUT2D eigenvalue weighted by Crippen LogP contribution is -2.36. The predicted octanol–water partition coefficient (Wildman–Crippen LogP) is 4.38. The molecule has 1 aliphatic heterocycles. The predicted molar refractivity (Wildman–Crippen MR) is 98.5 cm³/mol. The van der Waals surface area contributed by atoms with Crippen molar-refractivity contribution in [3.63, 3.8) is 0 Å². The summed E-state index contributed by atoms with van der Waals surface area (Å²) in [4.78, 5) is 15.4. The van der Waals surface area contributed by atoms with Gasteiger partial charge < -0.3 is 9.64 Å². The molecule has 2 aromatic carbocycles. The SMILES string of the molecule is COc1ccc(CN2C(=O)[C@@H](c3ccccc3)[C@@H]3CCCC[C@@H]32)cc1. The molecule has 4 rings (SSSR count). The highest BCUT2D eigenvalue weighted by Gasteiger charge is 2.48. The van der Waals surface area contributed by atoms with Crippen molar-refractivity contribution in [2.45, 2.75) is 44.2 Å². The van der Waals surface area contributed by atoms with Gasteiger partial charge in [0, 0.05) is 12.6 Å². The Balaban J connectivity index is 1.61. The number of methoxy groups -OCH3 is 1. The number of fused-ring (bicyclic) bond motifs is 1. The highest BCUT2D eigenvalue weighted by atomic mass is 16.5. The van der Waals surface area contributed by atoms with E-state index < -0.39 is 0 Å². The first-order chi connectivity index (χ1) is 12.3. The minimum atomic E-state index is 0.0322. The second-order valence-corrected chi connectivity index (χ2v) is 7.22. The van der Waals surface area contributed by atoms with Gasteiger partial charge in [0.25, 0.3) is 0 Å². The third-order valence-electron chi connectivity index (χ3n) is 5.83. The van der Waals surface area contributed by atoms with Crippen molar-refractivity contribution in [2.24, 2.45) is 5.92 Å². The number of ether oxygens (including phenoxy) is 1. The third-order valence-corrected chi connectivity index (χ3v) is 5.83. The minimum Gasteiger partial charge on any atom is -0.497 e. The summed E-state index contributed by atoms with van der Waals surface area (Å²) >= 11 is 0. The summed E-state index contributed by atoms with van der Waals surface area (Å²) in [5, 5.41) is 0. The molecule has 0 aromatic heterocycles. The number of likely N-dealkylation sites (tertiary alicyclic amines) is 1. The number of carbonyl (C=O) groups is 1. The van der Waals surface area contributed by atoms with E-state index in [2.05, 4.69) is 29.2 Å². The molecule has 130 valence electrons. The fourth-order valence-corrected chi connectivity index (χ4v) is 4.61. The van der Waals surface area contributed by atoms with Crippen LogP contribution in [-0.4, -0.2) is 24.0 Å². The maximum Gasteiger partial charge on any atom is 0.231 e. The first-order valence-corrected chi connectivity index (χ1v) is 9.26. The number of benzene rings is 2. The Labute approximate surface area is 149 Å². The third kappa shape index (κ3) is 3.04. The summed E-state index contributed by atoms with van der Waals surface area (Å²) in [6.07, 6.45) is 4.77. The van der Waals surface area contributed by atoms with Gasteiger partial charge in [-0.05, 0) is 42.0 Å². The molecule has 0 spiro atoms. The van der Waals surface area contributed by atoms with Crippen LogP contribution in [0.1, 0.15) is 42.7 Å². The van der Waals surface area contributed by atoms with Gasteiger partial charge in [-0.15, -0.1) is 0 Å². The van der Waals surface area contributed by atoms with E-state index in [1.165, 1.54) is 24.0 Å². The van der Waals surface area contributed by atoms with Crippen molar-refractivity contribution in [3.8, 4) is 5.75 Å². The molecule has 2 aliphatic rings. The van der Waals surface area contributed by atoms with Crippen LogP contribution in [0, 0.1) is 5.92 Å². The summed E-state index contributed by atoms with van der Waals surface area (Å²) in [6, 6.07) is 18.8. The Morgan fingerprint density at radius 1 is 1.00 bits per heavy atom. The number of nitrogens with zero attached hydrogens (tertiary/aromatic N) is 1. The van der Waals surface area contributed by atoms with E-state index in [-0.39, 0.29) is 5.92 Å². The van der Waals surface area contributed by atoms with Crippen molar-refractivity contribution in [1.82, 2.24) is 4.90 Å². The van der Waals surface area contributed by atoms with E-state index in [0.29, 0.717) is 24.4 Å². The molecular weight excluding hydrogens is 310 g/mol. The lowest BCUT2D eigenvalue weighted by molar-refractivity contribution is -0.130. The molecule has 0 radical (unpaired) electrons. The molecule has 25 heavy (non-hydrogen) atoms. The van der Waals surface area contributed by atoms with Crippen LogP contribution in [0.25, 0.3) is 0 Å². The van der Waals surface area contributed by atoms with E-state index in [0.717, 1.165) is 18.6 Å². The fourth-order valence-electron chi connectivity index (χ4n) is 4.61. The molecule has 1 amide bonds. The van der Waals surface area contributed by atoms with Gasteiger partial charge in [0.1, 0.15) is 5.75 Å². The van der Waals surface area contributed by atoms with Crippen LogP contribution in [-0.2, 0) is 11.3 Å². The molecule has 1 saturated heterocycles. The maximum absolute atomic E-state index is 13.3. The topological polar surface area (TPSA) is 29.5 Å². The summed E-state index contributed by atoms with van der Waals surface area (Å²) in [5.74, 6) is 1.65. The number of hydrogen-bond donors (Lipinski definition) is 0. The first-order valence-electron chi connectivity index (χ1n) is 9.26. The largest absolute Gasteiger partial charge is 0.497 e. The van der Waals surface area contributed by atoms with Crippen LogP contribution in [0.15, 0.2) is 54.6 Å². The number of amides is 1. The summed E-state index contributed by atoms with van der Waals surface area (Å²) in [5.41, 5.74) is 2.36. The monoisotopic (exact) mass is 335 g/mol. The van der Waals surface area contributed by atoms with Gasteiger partial charge in [0.05, 0.1) is 13.0 Å². The standard InChI is InChI=1S/C22H25NO2/c1-25-18-13-11-16(12-14-18)15-23-20-10-6-5-9-19(20)21(22(23)24)17-7-3-2-4-8-17/h2-4,7-8,11-14,19-21H,5-6,9-10,15H2,1H3/t19-,20+,21+/m1/s1. The average Bonchev–Trinajstić information content (AvgIpc) is 2.95. The molecule has 2 fully saturated rings. The molecular formula is C22H25NO2. The number of hydrogen-bond acceptors (Lipinski definition) is 2. The van der Waals surface area contributed by atoms with Crippen LogP contribution < -0.4 is 4.74 Å². The van der Waals surface area contributed by atoms with Gasteiger partial charge in [-0.2, -0.15) is 0 Å². The van der Waals surface area contributed by atoms with E-state index >= 15 is 0 Å². The van der Waals surface area contributed by atoms with Crippen molar-refractivity contribution in [2.75, 3.05) is 7.11 Å². The zero-order chi connectivity index (χ0) is 17.2. The van der Waals surface area contributed by atoms with Crippen molar-refractivity contribution in [3.05, 3.63) is 65.7 Å². The molecule has 2 aromatic rings. The van der Waals surface area contributed by atoms with Crippen LogP contribution in [0.4, 0.5) is 0 Å². The van der Waals surface area contributed by atoms with Gasteiger partial charge in [-0.3, -0.25) is 4.79 Å². The average molecular weight is 335 g/mol. The zero-order valence-electron chi connectivity index (χ0n) is 14.7. The minimum absolute atomic E-state index is 0.0322. The molecule has 1 saturated carbocycles. The molecule has 0 unspecified atom stereocenters. The number of carbonyl (C=O) groups excluding carboxylic acids is 1. The van der Waals surface area contributed by atoms with Gasteiger partial charge in [0.2, 0.25) is 5.91 Å². The zero-order valence-corrected chi connectivity index (χ0v) is 14.7. The van der Waals surface area contributed by atoms with Gasteiger partial charge in [-0.1, -0.05) is 55.3 Å². The molecule has 1 heterocycles. The Morgan fingerprint density at radius 3 is 2.44 bits per heavy atom. The van der Waals surface area contributed by atoms with Gasteiger partial charge in [-0.25, -0.2) is 0 Å². The molecule has 0 bridgehead atoms. The lowest BCUT2D eigenvalue weighted by atomic mass is 9.77. The smallest absolute Gasteiger partial charge is 0.231 e. The van der Waals surface area contributed by atoms with Gasteiger partial charge >= 0.3 is 0 Å². The van der Waals surface area contributed by atoms with Crippen molar-refractivity contribution < 1.29 is 9.53 Å². The van der Waals surface area contributed by atoms with Crippen LogP contribution >= 0.6 is 0 Å². The Bertz CT molecular complexity index is 725. The summed E-state index contributed by atoms with van der Waals surface area (Å²) in [6.45, 7) is 0.702. The van der Waals surface area contributed by atoms with E-state index in [4.69, 9.17) is 4.74 Å². The quantitative estimate of drug-likeness (QED) is 0.830. The van der Waals surface area contributed by atoms with Gasteiger partial charge in [0.15, 0.2) is 0 Å². The second-order valence-electron chi connectivity index (χ2n) is 7.22. The molecule has 1 aliphatic carbocycles. The lowest BCUT2D eigenvalue weighted by Gasteiger charge is -2.32. The molecule has 3 atom stereocenters. The molecule has 0 N–H and O–H groups in total. The highest BCUT2D eigenvalue weighted by molar-refractivity contribution is 5.87. The van der Waals surface area contributed by atoms with Crippen molar-refractivity contribution in [1.29, 1.82) is 0 Å². The van der Waals surface area contributed by atoms with E-state index in [9.17, 15) is 4.79 Å². The second kappa shape index (κ2) is 6.91. The first kappa shape index (κ1) is 16.2. The molecule has 3 nitrogen and oxygen atoms in total. The summed E-state index contributed by atoms with van der Waals surface area (Å²) in [7, 11) is 1.68. The van der Waals surface area contributed by atoms with Crippen LogP contribution in [0.5, 0.6) is 5.75 Å². The van der Waals surface area contributed by atoms with E-state index in [1.807, 2.05) is 30.3 Å². The maximum atomic E-state index is 13.3. The summed E-state index contributed by atoms with van der Waals surface area (Å²) < 4.78 is 5.24. The van der Waals surface area contributed by atoms with E-state index in [1.54, 1.807) is 7.11 Å². The highest BCUT2D eigenvalue weighted by Crippen LogP contribution is 2.46. The fraction of sp³-hybridized carbons (Fsp3) is 0.409. The van der Waals surface area contributed by atoms with Crippen molar-refractivity contribution >= 4 is 5.91 Å². The number of rotatable bonds is 4. The Hall–Kier alpha value is -2.29. The molecule has 3 heteroatoms. The van der Waals surface area contributed by atoms with Crippen LogP contribution in [0.3, 0.4) is 0 Å².